The molecule has 118 valence electrons. The van der Waals surface area contributed by atoms with Gasteiger partial charge >= 0.3 is 6.03 Å². The monoisotopic (exact) mass is 323 g/mol. The maximum absolute atomic E-state index is 12.3. The minimum atomic E-state index is -0.408. The van der Waals surface area contributed by atoms with Crippen molar-refractivity contribution in [2.45, 2.75) is 19.3 Å². The van der Waals surface area contributed by atoms with Crippen molar-refractivity contribution >= 4 is 29.4 Å². The van der Waals surface area contributed by atoms with Crippen molar-refractivity contribution in [3.05, 3.63) is 22.8 Å². The van der Waals surface area contributed by atoms with Gasteiger partial charge in [-0.05, 0) is 31.4 Å². The number of hydrogen-bond acceptors (Lipinski definition) is 4. The van der Waals surface area contributed by atoms with Gasteiger partial charge in [0.15, 0.2) is 0 Å². The molecule has 0 spiro atoms. The van der Waals surface area contributed by atoms with Crippen molar-refractivity contribution in [3.8, 4) is 0 Å². The molecule has 0 saturated carbocycles. The van der Waals surface area contributed by atoms with Crippen LogP contribution in [0.1, 0.15) is 29.8 Å². The highest BCUT2D eigenvalue weighted by Gasteiger charge is 2.22. The maximum Gasteiger partial charge on any atom is 0.336 e. The predicted molar refractivity (Wildman–Crippen MR) is 82.9 cm³/mol. The van der Waals surface area contributed by atoms with Gasteiger partial charge in [-0.3, -0.25) is 10.2 Å². The molecule has 2 aliphatic heterocycles. The molecule has 22 heavy (non-hydrogen) atoms. The van der Waals surface area contributed by atoms with Gasteiger partial charge in [0.2, 0.25) is 0 Å². The summed E-state index contributed by atoms with van der Waals surface area (Å²) in [5.74, 6) is 0.226. The number of aromatic nitrogens is 1. The van der Waals surface area contributed by atoms with Crippen molar-refractivity contribution in [3.63, 3.8) is 0 Å². The van der Waals surface area contributed by atoms with Gasteiger partial charge in [-0.2, -0.15) is 0 Å². The molecule has 2 aliphatic rings. The zero-order valence-electron chi connectivity index (χ0n) is 12.1. The molecule has 0 aromatic carbocycles. The Labute approximate surface area is 133 Å². The molecule has 3 rings (SSSR count). The maximum atomic E-state index is 12.3. The molecule has 2 saturated heterocycles. The summed E-state index contributed by atoms with van der Waals surface area (Å²) in [5.41, 5.74) is 2.83. The van der Waals surface area contributed by atoms with E-state index in [0.29, 0.717) is 23.9 Å². The van der Waals surface area contributed by atoms with Gasteiger partial charge in [-0.15, -0.1) is 0 Å². The second-order valence-corrected chi connectivity index (χ2v) is 5.78. The van der Waals surface area contributed by atoms with Gasteiger partial charge in [0.25, 0.3) is 5.91 Å². The number of nitrogens with one attached hydrogen (secondary N) is 2. The third-order valence-electron chi connectivity index (χ3n) is 3.78. The quantitative estimate of drug-likeness (QED) is 0.881. The highest BCUT2D eigenvalue weighted by molar-refractivity contribution is 6.33. The normalized spacial score (nSPS) is 18.3. The first kappa shape index (κ1) is 14.9. The molecule has 0 unspecified atom stereocenters. The van der Waals surface area contributed by atoms with Crippen molar-refractivity contribution in [1.82, 2.24) is 20.7 Å². The predicted octanol–water partition coefficient (Wildman–Crippen LogP) is 1.40. The Morgan fingerprint density at radius 3 is 2.73 bits per heavy atom. The van der Waals surface area contributed by atoms with E-state index in [9.17, 15) is 9.59 Å². The summed E-state index contributed by atoms with van der Waals surface area (Å²) < 4.78 is 0. The van der Waals surface area contributed by atoms with Crippen LogP contribution in [0.5, 0.6) is 0 Å². The first-order valence-corrected chi connectivity index (χ1v) is 7.81. The van der Waals surface area contributed by atoms with Crippen molar-refractivity contribution in [1.29, 1.82) is 0 Å². The van der Waals surface area contributed by atoms with E-state index in [0.717, 1.165) is 32.4 Å². The lowest BCUT2D eigenvalue weighted by molar-refractivity contribution is 0.0803. The first-order chi connectivity index (χ1) is 10.6. The number of amides is 3. The van der Waals surface area contributed by atoms with E-state index >= 15 is 0 Å². The average Bonchev–Trinajstić information content (AvgIpc) is 3.04. The van der Waals surface area contributed by atoms with Crippen LogP contribution in [0, 0.1) is 0 Å². The van der Waals surface area contributed by atoms with E-state index in [1.807, 2.05) is 0 Å². The lowest BCUT2D eigenvalue weighted by Crippen LogP contribution is -2.54. The fraction of sp³-hybridized carbons (Fsp3) is 0.500. The van der Waals surface area contributed by atoms with E-state index < -0.39 is 5.91 Å². The molecule has 2 N–H and O–H groups in total. The fourth-order valence-corrected chi connectivity index (χ4v) is 2.85. The van der Waals surface area contributed by atoms with Crippen molar-refractivity contribution in [2.24, 2.45) is 0 Å². The summed E-state index contributed by atoms with van der Waals surface area (Å²) in [6, 6.07) is 2.94. The summed E-state index contributed by atoms with van der Waals surface area (Å²) in [4.78, 5) is 30.4. The molecule has 0 radical (unpaired) electrons. The largest absolute Gasteiger partial charge is 0.355 e. The first-order valence-electron chi connectivity index (χ1n) is 7.43. The van der Waals surface area contributed by atoms with Crippen LogP contribution in [0.4, 0.5) is 10.6 Å². The topological polar surface area (TPSA) is 77.6 Å². The zero-order valence-corrected chi connectivity index (χ0v) is 12.9. The Morgan fingerprint density at radius 2 is 2.00 bits per heavy atom. The van der Waals surface area contributed by atoms with Crippen LogP contribution in [0.2, 0.25) is 5.02 Å². The standard InChI is InChI=1S/C14H18ClN5O2/c15-10-4-5-11(17-12(10)19-7-1-2-8-19)13(21)18-20-9-3-6-16-14(20)22/h4-5H,1-3,6-9H2,(H,16,22)(H,18,21). The number of carbonyl (C=O) groups is 2. The van der Waals surface area contributed by atoms with E-state index in [1.54, 1.807) is 12.1 Å². The summed E-state index contributed by atoms with van der Waals surface area (Å²) in [6.45, 7) is 2.91. The Kier molecular flexibility index (Phi) is 4.33. The van der Waals surface area contributed by atoms with E-state index in [4.69, 9.17) is 11.6 Å². The Balaban J connectivity index is 1.74. The third kappa shape index (κ3) is 3.09. The second kappa shape index (κ2) is 6.39. The van der Waals surface area contributed by atoms with Crippen LogP contribution >= 0.6 is 11.6 Å². The Morgan fingerprint density at radius 1 is 1.23 bits per heavy atom. The number of halogens is 1. The number of carbonyl (C=O) groups excluding carboxylic acids is 2. The molecule has 1 aromatic heterocycles. The number of pyridine rings is 1. The second-order valence-electron chi connectivity index (χ2n) is 5.37. The molecule has 7 nitrogen and oxygen atoms in total. The summed E-state index contributed by atoms with van der Waals surface area (Å²) in [7, 11) is 0. The van der Waals surface area contributed by atoms with Crippen LogP contribution in [0.15, 0.2) is 12.1 Å². The highest BCUT2D eigenvalue weighted by atomic mass is 35.5. The molecule has 1 aromatic rings. The van der Waals surface area contributed by atoms with Gasteiger partial charge in [0.1, 0.15) is 11.5 Å². The number of rotatable bonds is 3. The third-order valence-corrected chi connectivity index (χ3v) is 4.08. The van der Waals surface area contributed by atoms with Crippen molar-refractivity contribution < 1.29 is 9.59 Å². The molecule has 8 heteroatoms. The smallest absolute Gasteiger partial charge is 0.336 e. The minimum absolute atomic E-state index is 0.254. The zero-order chi connectivity index (χ0) is 15.5. The molecule has 3 heterocycles. The number of nitrogens with zero attached hydrogens (tertiary/aromatic N) is 3. The van der Waals surface area contributed by atoms with Crippen LogP contribution in [-0.4, -0.2) is 48.1 Å². The van der Waals surface area contributed by atoms with E-state index in [-0.39, 0.29) is 11.7 Å². The van der Waals surface area contributed by atoms with Crippen LogP contribution in [0.25, 0.3) is 0 Å². The lowest BCUT2D eigenvalue weighted by Gasteiger charge is -2.27. The molecule has 0 bridgehead atoms. The van der Waals surface area contributed by atoms with Gasteiger partial charge in [0.05, 0.1) is 5.02 Å². The summed E-state index contributed by atoms with van der Waals surface area (Å²) >= 11 is 6.19. The van der Waals surface area contributed by atoms with E-state index in [1.165, 1.54) is 5.01 Å². The number of hydrazine groups is 1. The number of hydrogen-bond donors (Lipinski definition) is 2. The van der Waals surface area contributed by atoms with Crippen molar-refractivity contribution in [2.75, 3.05) is 31.1 Å². The number of anilines is 1. The molecule has 3 amide bonds. The molecule has 0 aliphatic carbocycles. The lowest BCUT2D eigenvalue weighted by atomic mass is 10.3. The average molecular weight is 324 g/mol. The van der Waals surface area contributed by atoms with Gasteiger partial charge < -0.3 is 10.2 Å². The molecular formula is C14H18ClN5O2. The SMILES string of the molecule is O=C(NN1CCCNC1=O)c1ccc(Cl)c(N2CCCC2)n1. The van der Waals surface area contributed by atoms with Crippen LogP contribution in [0.3, 0.4) is 0 Å². The van der Waals surface area contributed by atoms with Gasteiger partial charge in [-0.25, -0.2) is 14.8 Å². The Hall–Kier alpha value is -2.02. The molecule has 0 atom stereocenters. The summed E-state index contributed by atoms with van der Waals surface area (Å²) in [5, 5.41) is 4.49. The molecular weight excluding hydrogens is 306 g/mol. The van der Waals surface area contributed by atoms with Gasteiger partial charge in [0, 0.05) is 26.2 Å². The Bertz CT molecular complexity index is 589. The van der Waals surface area contributed by atoms with E-state index in [2.05, 4.69) is 20.6 Å². The number of urea groups is 1. The van der Waals surface area contributed by atoms with Gasteiger partial charge in [-0.1, -0.05) is 11.6 Å². The molecule has 2 fully saturated rings. The highest BCUT2D eigenvalue weighted by Crippen LogP contribution is 2.26. The van der Waals surface area contributed by atoms with Crippen LogP contribution in [-0.2, 0) is 0 Å². The fourth-order valence-electron chi connectivity index (χ4n) is 2.62. The minimum Gasteiger partial charge on any atom is -0.355 e. The summed E-state index contributed by atoms with van der Waals surface area (Å²) in [6.07, 6.45) is 2.99. The van der Waals surface area contributed by atoms with Crippen LogP contribution < -0.4 is 15.6 Å².